The van der Waals surface area contributed by atoms with Gasteiger partial charge in [0, 0.05) is 11.6 Å². The number of hydrogen-bond acceptors (Lipinski definition) is 2. The fraction of sp³-hybridized carbons (Fsp3) is 0.588. The van der Waals surface area contributed by atoms with E-state index >= 15 is 0 Å². The molecule has 0 spiro atoms. The number of hydrogen-bond donors (Lipinski definition) is 1. The Hall–Kier alpha value is -1.51. The normalized spacial score (nSPS) is 11.5. The number of ether oxygens (including phenoxy) is 1. The van der Waals surface area contributed by atoms with Crippen molar-refractivity contribution < 1.29 is 9.53 Å². The molecule has 112 valence electrons. The second-order valence-corrected chi connectivity index (χ2v) is 6.18. The summed E-state index contributed by atoms with van der Waals surface area (Å²) in [6.45, 7) is 12.5. The Balaban J connectivity index is 2.72. The average Bonchev–Trinajstić information content (AvgIpc) is 2.35. The first-order valence-electron chi connectivity index (χ1n) is 7.38. The Kier molecular flexibility index (Phi) is 6.05. The van der Waals surface area contributed by atoms with E-state index in [9.17, 15) is 4.79 Å². The van der Waals surface area contributed by atoms with Gasteiger partial charge < -0.3 is 10.1 Å². The number of carbonyl (C=O) groups excluding carboxylic acids is 1. The molecule has 3 heteroatoms. The Bertz CT molecular complexity index is 413. The SMILES string of the molecule is CC(C)Oc1ccc(C(=O)NC(C(C)C)C(C)C)cc1. The van der Waals surface area contributed by atoms with Crippen LogP contribution in [0.1, 0.15) is 51.9 Å². The third kappa shape index (κ3) is 4.87. The summed E-state index contributed by atoms with van der Waals surface area (Å²) in [7, 11) is 0. The van der Waals surface area contributed by atoms with E-state index in [1.807, 2.05) is 38.1 Å². The third-order valence-electron chi connectivity index (χ3n) is 3.22. The van der Waals surface area contributed by atoms with Crippen molar-refractivity contribution in [2.24, 2.45) is 11.8 Å². The zero-order valence-electron chi connectivity index (χ0n) is 13.4. The lowest BCUT2D eigenvalue weighted by atomic mass is 9.93. The maximum Gasteiger partial charge on any atom is 0.251 e. The summed E-state index contributed by atoms with van der Waals surface area (Å²) in [6, 6.07) is 7.49. The van der Waals surface area contributed by atoms with Crippen LogP contribution in [0.4, 0.5) is 0 Å². The first kappa shape index (κ1) is 16.5. The first-order chi connectivity index (χ1) is 9.31. The van der Waals surface area contributed by atoms with Crippen LogP contribution in [0.25, 0.3) is 0 Å². The van der Waals surface area contributed by atoms with E-state index in [4.69, 9.17) is 4.74 Å². The molecule has 0 heterocycles. The van der Waals surface area contributed by atoms with Crippen molar-refractivity contribution in [2.45, 2.75) is 53.7 Å². The van der Waals surface area contributed by atoms with Gasteiger partial charge in [0.25, 0.3) is 5.91 Å². The molecular formula is C17H27NO2. The molecule has 0 fully saturated rings. The molecule has 20 heavy (non-hydrogen) atoms. The molecule has 1 amide bonds. The number of nitrogens with one attached hydrogen (secondary N) is 1. The highest BCUT2D eigenvalue weighted by atomic mass is 16.5. The number of carbonyl (C=O) groups is 1. The first-order valence-corrected chi connectivity index (χ1v) is 7.38. The maximum absolute atomic E-state index is 12.2. The van der Waals surface area contributed by atoms with Gasteiger partial charge in [0.15, 0.2) is 0 Å². The van der Waals surface area contributed by atoms with Crippen molar-refractivity contribution in [1.29, 1.82) is 0 Å². The molecule has 0 aliphatic heterocycles. The monoisotopic (exact) mass is 277 g/mol. The molecule has 0 aliphatic carbocycles. The number of rotatable bonds is 6. The standard InChI is InChI=1S/C17H27NO2/c1-11(2)16(12(3)4)18-17(19)14-7-9-15(10-8-14)20-13(5)6/h7-13,16H,1-6H3,(H,18,19). The molecule has 0 atom stereocenters. The zero-order chi connectivity index (χ0) is 15.3. The van der Waals surface area contributed by atoms with E-state index in [-0.39, 0.29) is 18.1 Å². The Morgan fingerprint density at radius 1 is 0.950 bits per heavy atom. The summed E-state index contributed by atoms with van der Waals surface area (Å²) in [5, 5.41) is 3.11. The van der Waals surface area contributed by atoms with Crippen LogP contribution >= 0.6 is 0 Å². The van der Waals surface area contributed by atoms with Crippen LogP contribution in [-0.2, 0) is 0 Å². The van der Waals surface area contributed by atoms with Crippen LogP contribution in [0.15, 0.2) is 24.3 Å². The van der Waals surface area contributed by atoms with Crippen LogP contribution < -0.4 is 10.1 Å². The van der Waals surface area contributed by atoms with Gasteiger partial charge in [0.1, 0.15) is 5.75 Å². The summed E-state index contributed by atoms with van der Waals surface area (Å²) in [5.41, 5.74) is 0.674. The third-order valence-corrected chi connectivity index (χ3v) is 3.22. The molecule has 0 aliphatic rings. The fourth-order valence-electron chi connectivity index (χ4n) is 2.29. The molecule has 1 N–H and O–H groups in total. The minimum absolute atomic E-state index is 0.0199. The van der Waals surface area contributed by atoms with E-state index in [1.165, 1.54) is 0 Å². The van der Waals surface area contributed by atoms with Gasteiger partial charge in [-0.25, -0.2) is 0 Å². The van der Waals surface area contributed by atoms with Gasteiger partial charge in [-0.15, -0.1) is 0 Å². The zero-order valence-corrected chi connectivity index (χ0v) is 13.4. The molecule has 0 unspecified atom stereocenters. The Labute approximate surface area is 122 Å². The molecular weight excluding hydrogens is 250 g/mol. The smallest absolute Gasteiger partial charge is 0.251 e. The largest absolute Gasteiger partial charge is 0.491 e. The predicted molar refractivity (Wildman–Crippen MR) is 83.1 cm³/mol. The number of amides is 1. The molecule has 1 aromatic rings. The number of benzene rings is 1. The highest BCUT2D eigenvalue weighted by Crippen LogP contribution is 2.16. The van der Waals surface area contributed by atoms with Crippen molar-refractivity contribution in [2.75, 3.05) is 0 Å². The summed E-state index contributed by atoms with van der Waals surface area (Å²) in [4.78, 5) is 12.2. The highest BCUT2D eigenvalue weighted by Gasteiger charge is 2.20. The molecule has 0 saturated carbocycles. The molecule has 3 nitrogen and oxygen atoms in total. The second kappa shape index (κ2) is 7.32. The average molecular weight is 277 g/mol. The lowest BCUT2D eigenvalue weighted by molar-refractivity contribution is 0.0910. The minimum Gasteiger partial charge on any atom is -0.491 e. The highest BCUT2D eigenvalue weighted by molar-refractivity contribution is 5.94. The topological polar surface area (TPSA) is 38.3 Å². The molecule has 0 radical (unpaired) electrons. The van der Waals surface area contributed by atoms with Crippen molar-refractivity contribution in [3.8, 4) is 5.75 Å². The molecule has 0 bridgehead atoms. The van der Waals surface area contributed by atoms with Gasteiger partial charge in [0.05, 0.1) is 6.10 Å². The molecule has 1 rings (SSSR count). The summed E-state index contributed by atoms with van der Waals surface area (Å²) < 4.78 is 5.57. The maximum atomic E-state index is 12.2. The van der Waals surface area contributed by atoms with Crippen molar-refractivity contribution in [3.63, 3.8) is 0 Å². The molecule has 1 aromatic carbocycles. The fourth-order valence-corrected chi connectivity index (χ4v) is 2.29. The quantitative estimate of drug-likeness (QED) is 0.857. The van der Waals surface area contributed by atoms with Gasteiger partial charge >= 0.3 is 0 Å². The van der Waals surface area contributed by atoms with Crippen LogP contribution in [0, 0.1) is 11.8 Å². The van der Waals surface area contributed by atoms with E-state index < -0.39 is 0 Å². The minimum atomic E-state index is -0.0199. The van der Waals surface area contributed by atoms with Crippen LogP contribution in [0.5, 0.6) is 5.75 Å². The van der Waals surface area contributed by atoms with E-state index in [1.54, 1.807) is 0 Å². The van der Waals surface area contributed by atoms with E-state index in [0.29, 0.717) is 17.4 Å². The van der Waals surface area contributed by atoms with Gasteiger partial charge in [-0.2, -0.15) is 0 Å². The van der Waals surface area contributed by atoms with Crippen molar-refractivity contribution in [1.82, 2.24) is 5.32 Å². The van der Waals surface area contributed by atoms with Crippen LogP contribution in [0.3, 0.4) is 0 Å². The van der Waals surface area contributed by atoms with Gasteiger partial charge in [-0.3, -0.25) is 4.79 Å². The lowest BCUT2D eigenvalue weighted by Crippen LogP contribution is -2.42. The van der Waals surface area contributed by atoms with Crippen LogP contribution in [0.2, 0.25) is 0 Å². The van der Waals surface area contributed by atoms with Gasteiger partial charge in [-0.05, 0) is 49.9 Å². The summed E-state index contributed by atoms with van der Waals surface area (Å²) >= 11 is 0. The van der Waals surface area contributed by atoms with Crippen LogP contribution in [-0.4, -0.2) is 18.1 Å². The summed E-state index contributed by atoms with van der Waals surface area (Å²) in [6.07, 6.45) is 0.140. The van der Waals surface area contributed by atoms with E-state index in [0.717, 1.165) is 5.75 Å². The van der Waals surface area contributed by atoms with Gasteiger partial charge in [0.2, 0.25) is 0 Å². The molecule has 0 aromatic heterocycles. The molecule has 0 saturated heterocycles. The Morgan fingerprint density at radius 3 is 1.85 bits per heavy atom. The Morgan fingerprint density at radius 2 is 1.45 bits per heavy atom. The lowest BCUT2D eigenvalue weighted by Gasteiger charge is -2.26. The predicted octanol–water partition coefficient (Wildman–Crippen LogP) is 3.88. The van der Waals surface area contributed by atoms with Gasteiger partial charge in [-0.1, -0.05) is 27.7 Å². The van der Waals surface area contributed by atoms with Crippen molar-refractivity contribution in [3.05, 3.63) is 29.8 Å². The second-order valence-electron chi connectivity index (χ2n) is 6.18. The van der Waals surface area contributed by atoms with Crippen molar-refractivity contribution >= 4 is 5.91 Å². The summed E-state index contributed by atoms with van der Waals surface area (Å²) in [5.74, 6) is 1.61. The van der Waals surface area contributed by atoms with E-state index in [2.05, 4.69) is 33.0 Å².